The van der Waals surface area contributed by atoms with Gasteiger partial charge >= 0.3 is 0 Å². The van der Waals surface area contributed by atoms with E-state index >= 15 is 0 Å². The van der Waals surface area contributed by atoms with Crippen molar-refractivity contribution in [2.75, 3.05) is 30.3 Å². The Balaban J connectivity index is 1.40. The maximum Gasteiger partial charge on any atom is 0.229 e. The fraction of sp³-hybridized carbons (Fsp3) is 0.389. The molecule has 4 N–H and O–H groups in total. The van der Waals surface area contributed by atoms with Crippen molar-refractivity contribution in [3.05, 3.63) is 42.1 Å². The van der Waals surface area contributed by atoms with Crippen LogP contribution in [0.25, 0.3) is 0 Å². The van der Waals surface area contributed by atoms with Gasteiger partial charge in [0.05, 0.1) is 0 Å². The molecule has 2 saturated heterocycles. The van der Waals surface area contributed by atoms with Crippen molar-refractivity contribution in [2.45, 2.75) is 24.8 Å². The van der Waals surface area contributed by atoms with Crippen molar-refractivity contribution < 1.29 is 4.79 Å². The number of anilines is 3. The highest BCUT2D eigenvalue weighted by Crippen LogP contribution is 2.25. The van der Waals surface area contributed by atoms with E-state index in [0.717, 1.165) is 37.6 Å². The van der Waals surface area contributed by atoms with Crippen LogP contribution in [-0.4, -0.2) is 41.6 Å². The predicted octanol–water partition coefficient (Wildman–Crippen LogP) is 1.60. The highest BCUT2D eigenvalue weighted by atomic mass is 16.1. The van der Waals surface area contributed by atoms with Gasteiger partial charge in [0.25, 0.3) is 0 Å². The van der Waals surface area contributed by atoms with Gasteiger partial charge in [-0.15, -0.1) is 0 Å². The molecular formula is C18H22N6O. The van der Waals surface area contributed by atoms with Crippen LogP contribution in [0.3, 0.4) is 0 Å². The fourth-order valence-electron chi connectivity index (χ4n) is 3.29. The summed E-state index contributed by atoms with van der Waals surface area (Å²) >= 11 is 0. The van der Waals surface area contributed by atoms with Gasteiger partial charge in [0.15, 0.2) is 0 Å². The third-order valence-electron chi connectivity index (χ3n) is 4.68. The van der Waals surface area contributed by atoms with Crippen LogP contribution in [0, 0.1) is 0 Å². The minimum absolute atomic E-state index is 0.127. The quantitative estimate of drug-likeness (QED) is 0.662. The normalized spacial score (nSPS) is 22.6. The van der Waals surface area contributed by atoms with Crippen molar-refractivity contribution in [3.8, 4) is 0 Å². The molecule has 130 valence electrons. The molecule has 7 nitrogen and oxygen atoms in total. The van der Waals surface area contributed by atoms with Crippen molar-refractivity contribution in [1.82, 2.24) is 20.6 Å². The van der Waals surface area contributed by atoms with Crippen LogP contribution in [0.2, 0.25) is 0 Å². The van der Waals surface area contributed by atoms with Crippen LogP contribution >= 0.6 is 0 Å². The Morgan fingerprint density at radius 1 is 1.12 bits per heavy atom. The van der Waals surface area contributed by atoms with E-state index in [9.17, 15) is 4.79 Å². The molecule has 2 unspecified atom stereocenters. The second-order valence-electron chi connectivity index (χ2n) is 6.55. The van der Waals surface area contributed by atoms with Gasteiger partial charge in [-0.25, -0.2) is 4.98 Å². The highest BCUT2D eigenvalue weighted by Gasteiger charge is 2.22. The summed E-state index contributed by atoms with van der Waals surface area (Å²) in [6, 6.07) is 10.4. The summed E-state index contributed by atoms with van der Waals surface area (Å²) in [7, 11) is 0. The summed E-state index contributed by atoms with van der Waals surface area (Å²) < 4.78 is 0. The van der Waals surface area contributed by atoms with E-state index in [4.69, 9.17) is 0 Å². The smallest absolute Gasteiger partial charge is 0.229 e. The molecule has 2 atom stereocenters. The van der Waals surface area contributed by atoms with Crippen LogP contribution in [0.1, 0.15) is 24.3 Å². The molecule has 2 aromatic rings. The average molecular weight is 338 g/mol. The molecule has 25 heavy (non-hydrogen) atoms. The molecule has 1 aromatic carbocycles. The maximum absolute atomic E-state index is 11.3. The summed E-state index contributed by atoms with van der Waals surface area (Å²) in [5, 5.41) is 12.9. The zero-order valence-corrected chi connectivity index (χ0v) is 14.0. The van der Waals surface area contributed by atoms with E-state index in [1.54, 1.807) is 6.20 Å². The average Bonchev–Trinajstić information content (AvgIpc) is 3.28. The zero-order chi connectivity index (χ0) is 17.1. The van der Waals surface area contributed by atoms with Crippen LogP contribution in [-0.2, 0) is 4.79 Å². The second-order valence-corrected chi connectivity index (χ2v) is 6.55. The summed E-state index contributed by atoms with van der Waals surface area (Å²) in [5.41, 5.74) is 2.11. The van der Waals surface area contributed by atoms with Crippen molar-refractivity contribution >= 4 is 23.4 Å². The molecule has 0 spiro atoms. The Hall–Kier alpha value is -2.67. The van der Waals surface area contributed by atoms with E-state index < -0.39 is 0 Å². The Kier molecular flexibility index (Phi) is 4.47. The number of nitrogens with zero attached hydrogens (tertiary/aromatic N) is 2. The molecule has 1 amide bonds. The molecule has 4 rings (SSSR count). The van der Waals surface area contributed by atoms with Crippen LogP contribution in [0.4, 0.5) is 17.5 Å². The second kappa shape index (κ2) is 7.06. The lowest BCUT2D eigenvalue weighted by molar-refractivity contribution is -0.119. The first kappa shape index (κ1) is 15.8. The molecule has 0 radical (unpaired) electrons. The van der Waals surface area contributed by atoms with Crippen LogP contribution in [0.5, 0.6) is 0 Å². The fourth-order valence-corrected chi connectivity index (χ4v) is 3.29. The molecule has 0 bridgehead atoms. The number of rotatable bonds is 5. The Morgan fingerprint density at radius 3 is 2.72 bits per heavy atom. The van der Waals surface area contributed by atoms with Gasteiger partial charge in [0.2, 0.25) is 11.9 Å². The van der Waals surface area contributed by atoms with Gasteiger partial charge in [-0.1, -0.05) is 12.1 Å². The summed E-state index contributed by atoms with van der Waals surface area (Å²) in [6.45, 7) is 2.73. The lowest BCUT2D eigenvalue weighted by Gasteiger charge is -2.13. The number of benzene rings is 1. The van der Waals surface area contributed by atoms with Gasteiger partial charge in [0.1, 0.15) is 5.82 Å². The summed E-state index contributed by atoms with van der Waals surface area (Å²) in [5.74, 6) is 1.80. The standard InChI is InChI=1S/C18H22N6O/c25-17-9-13(10-21-17)12-1-3-14(4-2-12)23-18-20-8-6-16(24-18)22-15-5-7-19-11-15/h1-4,6,8,13,15,19H,5,7,9-11H2,(H,21,25)(H2,20,22,23,24). The first-order valence-corrected chi connectivity index (χ1v) is 8.70. The summed E-state index contributed by atoms with van der Waals surface area (Å²) in [4.78, 5) is 20.2. The Morgan fingerprint density at radius 2 is 2.00 bits per heavy atom. The molecule has 3 heterocycles. The van der Waals surface area contributed by atoms with Crippen LogP contribution in [0.15, 0.2) is 36.5 Å². The predicted molar refractivity (Wildman–Crippen MR) is 97.0 cm³/mol. The lowest BCUT2D eigenvalue weighted by atomic mass is 9.98. The molecule has 0 saturated carbocycles. The number of hydrogen-bond acceptors (Lipinski definition) is 6. The van der Waals surface area contributed by atoms with E-state index in [1.807, 2.05) is 18.2 Å². The molecule has 1 aromatic heterocycles. The lowest BCUT2D eigenvalue weighted by Crippen LogP contribution is -2.22. The SMILES string of the molecule is O=C1CC(c2ccc(Nc3nccc(NC4CCNC4)n3)cc2)CN1. The number of carbonyl (C=O) groups excluding carboxylic acids is 1. The van der Waals surface area contributed by atoms with E-state index in [-0.39, 0.29) is 11.8 Å². The van der Waals surface area contributed by atoms with Gasteiger partial charge in [0, 0.05) is 43.4 Å². The molecule has 2 aliphatic heterocycles. The van der Waals surface area contributed by atoms with Gasteiger partial charge in [-0.05, 0) is 36.7 Å². The van der Waals surface area contributed by atoms with Gasteiger partial charge < -0.3 is 21.3 Å². The minimum Gasteiger partial charge on any atom is -0.366 e. The Labute approximate surface area is 146 Å². The summed E-state index contributed by atoms with van der Waals surface area (Å²) in [6.07, 6.45) is 3.43. The monoisotopic (exact) mass is 338 g/mol. The Bertz CT molecular complexity index is 741. The molecule has 2 aliphatic rings. The number of nitrogens with one attached hydrogen (secondary N) is 4. The van der Waals surface area contributed by atoms with Crippen molar-refractivity contribution in [1.29, 1.82) is 0 Å². The third kappa shape index (κ3) is 3.88. The third-order valence-corrected chi connectivity index (χ3v) is 4.68. The van der Waals surface area contributed by atoms with Crippen molar-refractivity contribution in [3.63, 3.8) is 0 Å². The molecule has 0 aliphatic carbocycles. The topological polar surface area (TPSA) is 91.0 Å². The van der Waals surface area contributed by atoms with E-state index in [0.29, 0.717) is 18.4 Å². The van der Waals surface area contributed by atoms with Gasteiger partial charge in [-0.2, -0.15) is 4.98 Å². The zero-order valence-electron chi connectivity index (χ0n) is 14.0. The van der Waals surface area contributed by atoms with E-state index in [2.05, 4.69) is 43.4 Å². The molecule has 2 fully saturated rings. The molecule has 7 heteroatoms. The first-order valence-electron chi connectivity index (χ1n) is 8.70. The van der Waals surface area contributed by atoms with Crippen molar-refractivity contribution in [2.24, 2.45) is 0 Å². The maximum atomic E-state index is 11.3. The minimum atomic E-state index is 0.127. The molecular weight excluding hydrogens is 316 g/mol. The van der Waals surface area contributed by atoms with Gasteiger partial charge in [-0.3, -0.25) is 4.79 Å². The number of hydrogen-bond donors (Lipinski definition) is 4. The highest BCUT2D eigenvalue weighted by molar-refractivity contribution is 5.79. The van der Waals surface area contributed by atoms with Crippen LogP contribution < -0.4 is 21.3 Å². The first-order chi connectivity index (χ1) is 12.3. The van der Waals surface area contributed by atoms with E-state index in [1.165, 1.54) is 5.56 Å². The number of carbonyl (C=O) groups is 1. The number of aromatic nitrogens is 2. The number of amides is 1. The largest absolute Gasteiger partial charge is 0.366 e.